The Kier molecular flexibility index (Phi) is 4.93. The van der Waals surface area contributed by atoms with Gasteiger partial charge >= 0.3 is 0 Å². The molecular weight excluding hydrogens is 268 g/mol. The van der Waals surface area contributed by atoms with E-state index in [0.717, 1.165) is 5.56 Å². The third kappa shape index (κ3) is 4.65. The highest BCUT2D eigenvalue weighted by Gasteiger charge is 2.07. The van der Waals surface area contributed by atoms with Crippen molar-refractivity contribution < 1.29 is 14.3 Å². The molecule has 5 nitrogen and oxygen atoms in total. The van der Waals surface area contributed by atoms with Gasteiger partial charge in [-0.3, -0.25) is 9.59 Å². The van der Waals surface area contributed by atoms with E-state index in [9.17, 15) is 9.59 Å². The molecule has 2 aromatic carbocycles. The molecule has 2 amide bonds. The number of carbonyl (C=O) groups excluding carboxylic acids is 2. The molecule has 2 rings (SSSR count). The van der Waals surface area contributed by atoms with Gasteiger partial charge in [-0.1, -0.05) is 36.4 Å². The highest BCUT2D eigenvalue weighted by Crippen LogP contribution is 2.15. The quantitative estimate of drug-likeness (QED) is 0.843. The van der Waals surface area contributed by atoms with E-state index in [0.29, 0.717) is 17.9 Å². The highest BCUT2D eigenvalue weighted by molar-refractivity contribution is 5.96. The second-order valence-corrected chi connectivity index (χ2v) is 4.45. The Hall–Kier alpha value is -2.82. The monoisotopic (exact) mass is 284 g/mol. The number of nitrogens with one attached hydrogen (secondary N) is 1. The minimum Gasteiger partial charge on any atom is -0.489 e. The summed E-state index contributed by atoms with van der Waals surface area (Å²) in [5.74, 6) is -0.357. The maximum absolute atomic E-state index is 11.8. The van der Waals surface area contributed by atoms with Crippen molar-refractivity contribution in [3.63, 3.8) is 0 Å². The highest BCUT2D eigenvalue weighted by atomic mass is 16.5. The van der Waals surface area contributed by atoms with Gasteiger partial charge in [0.15, 0.2) is 0 Å². The molecule has 0 unspecified atom stereocenters. The summed E-state index contributed by atoms with van der Waals surface area (Å²) in [6, 6.07) is 16.5. The standard InChI is InChI=1S/C16H16N2O3/c17-15(19)10-18-16(20)13-7-4-8-14(9-13)21-11-12-5-2-1-3-6-12/h1-9H,10-11H2,(H2,17,19)(H,18,20). The molecule has 0 aliphatic carbocycles. The van der Waals surface area contributed by atoms with Crippen LogP contribution in [-0.2, 0) is 11.4 Å². The lowest BCUT2D eigenvalue weighted by Crippen LogP contribution is -2.33. The molecule has 5 heteroatoms. The Morgan fingerprint density at radius 1 is 1.05 bits per heavy atom. The predicted octanol–water partition coefficient (Wildman–Crippen LogP) is 1.48. The molecule has 0 aliphatic heterocycles. The van der Waals surface area contributed by atoms with Crippen molar-refractivity contribution in [1.82, 2.24) is 5.32 Å². The van der Waals surface area contributed by atoms with Crippen molar-refractivity contribution in [3.05, 3.63) is 65.7 Å². The van der Waals surface area contributed by atoms with Crippen LogP contribution in [0.1, 0.15) is 15.9 Å². The number of ether oxygens (including phenoxy) is 1. The van der Waals surface area contributed by atoms with Gasteiger partial charge in [-0.2, -0.15) is 0 Å². The van der Waals surface area contributed by atoms with E-state index in [1.54, 1.807) is 24.3 Å². The number of rotatable bonds is 6. The predicted molar refractivity (Wildman–Crippen MR) is 78.7 cm³/mol. The first-order chi connectivity index (χ1) is 10.1. The molecule has 2 aromatic rings. The number of hydrogen-bond donors (Lipinski definition) is 2. The Balaban J connectivity index is 1.97. The smallest absolute Gasteiger partial charge is 0.251 e. The van der Waals surface area contributed by atoms with Gasteiger partial charge in [-0.05, 0) is 23.8 Å². The molecule has 0 radical (unpaired) electrons. The second kappa shape index (κ2) is 7.09. The zero-order chi connectivity index (χ0) is 15.1. The normalized spacial score (nSPS) is 9.90. The third-order valence-corrected chi connectivity index (χ3v) is 2.77. The van der Waals surface area contributed by atoms with E-state index in [1.165, 1.54) is 0 Å². The van der Waals surface area contributed by atoms with Crippen molar-refractivity contribution in [2.24, 2.45) is 5.73 Å². The maximum Gasteiger partial charge on any atom is 0.251 e. The molecule has 21 heavy (non-hydrogen) atoms. The van der Waals surface area contributed by atoms with E-state index in [2.05, 4.69) is 5.32 Å². The van der Waals surface area contributed by atoms with Gasteiger partial charge in [0.2, 0.25) is 5.91 Å². The van der Waals surface area contributed by atoms with Crippen LogP contribution in [0.15, 0.2) is 54.6 Å². The average molecular weight is 284 g/mol. The minimum atomic E-state index is -0.583. The van der Waals surface area contributed by atoms with Gasteiger partial charge in [-0.15, -0.1) is 0 Å². The Morgan fingerprint density at radius 3 is 2.52 bits per heavy atom. The summed E-state index contributed by atoms with van der Waals surface area (Å²) in [4.78, 5) is 22.4. The van der Waals surface area contributed by atoms with Crippen molar-refractivity contribution in [2.45, 2.75) is 6.61 Å². The fourth-order valence-corrected chi connectivity index (χ4v) is 1.74. The molecule has 0 heterocycles. The van der Waals surface area contributed by atoms with E-state index >= 15 is 0 Å². The Labute approximate surface area is 122 Å². The fourth-order valence-electron chi connectivity index (χ4n) is 1.74. The summed E-state index contributed by atoms with van der Waals surface area (Å²) in [5, 5.41) is 2.43. The van der Waals surface area contributed by atoms with Crippen LogP contribution < -0.4 is 15.8 Å². The first kappa shape index (κ1) is 14.6. The summed E-state index contributed by atoms with van der Waals surface area (Å²) in [7, 11) is 0. The zero-order valence-corrected chi connectivity index (χ0v) is 11.4. The third-order valence-electron chi connectivity index (χ3n) is 2.77. The fraction of sp³-hybridized carbons (Fsp3) is 0.125. The van der Waals surface area contributed by atoms with Gasteiger partial charge in [-0.25, -0.2) is 0 Å². The van der Waals surface area contributed by atoms with Gasteiger partial charge in [0.25, 0.3) is 5.91 Å². The lowest BCUT2D eigenvalue weighted by atomic mass is 10.2. The lowest BCUT2D eigenvalue weighted by Gasteiger charge is -2.08. The van der Waals surface area contributed by atoms with Crippen molar-refractivity contribution >= 4 is 11.8 Å². The van der Waals surface area contributed by atoms with Crippen LogP contribution in [0.4, 0.5) is 0 Å². The van der Waals surface area contributed by atoms with E-state index in [1.807, 2.05) is 30.3 Å². The van der Waals surface area contributed by atoms with Crippen molar-refractivity contribution in [2.75, 3.05) is 6.54 Å². The van der Waals surface area contributed by atoms with Gasteiger partial charge in [0.1, 0.15) is 12.4 Å². The Bertz CT molecular complexity index is 626. The summed E-state index contributed by atoms with van der Waals surface area (Å²) in [5.41, 5.74) is 6.44. The number of amides is 2. The molecule has 3 N–H and O–H groups in total. The average Bonchev–Trinajstić information content (AvgIpc) is 2.52. The summed E-state index contributed by atoms with van der Waals surface area (Å²) >= 11 is 0. The van der Waals surface area contributed by atoms with Gasteiger partial charge < -0.3 is 15.8 Å². The largest absolute Gasteiger partial charge is 0.489 e. The number of primary amides is 1. The number of carbonyl (C=O) groups is 2. The molecule has 0 fully saturated rings. The van der Waals surface area contributed by atoms with Crippen LogP contribution in [0, 0.1) is 0 Å². The molecule has 0 spiro atoms. The number of nitrogens with two attached hydrogens (primary N) is 1. The van der Waals surface area contributed by atoms with Crippen LogP contribution in [0.3, 0.4) is 0 Å². The second-order valence-electron chi connectivity index (χ2n) is 4.45. The molecular formula is C16H16N2O3. The van der Waals surface area contributed by atoms with Crippen molar-refractivity contribution in [1.29, 1.82) is 0 Å². The van der Waals surface area contributed by atoms with Crippen LogP contribution >= 0.6 is 0 Å². The maximum atomic E-state index is 11.8. The SMILES string of the molecule is NC(=O)CNC(=O)c1cccc(OCc2ccccc2)c1. The van der Waals surface area contributed by atoms with Crippen LogP contribution in [0.2, 0.25) is 0 Å². The first-order valence-corrected chi connectivity index (χ1v) is 6.48. The first-order valence-electron chi connectivity index (χ1n) is 6.48. The molecule has 0 saturated heterocycles. The van der Waals surface area contributed by atoms with E-state index < -0.39 is 5.91 Å². The van der Waals surface area contributed by atoms with Crippen LogP contribution in [-0.4, -0.2) is 18.4 Å². The lowest BCUT2D eigenvalue weighted by molar-refractivity contribution is -0.117. The van der Waals surface area contributed by atoms with Gasteiger partial charge in [0, 0.05) is 5.56 Å². The molecule has 108 valence electrons. The molecule has 0 atom stereocenters. The van der Waals surface area contributed by atoms with E-state index in [-0.39, 0.29) is 12.5 Å². The summed E-state index contributed by atoms with van der Waals surface area (Å²) in [6.45, 7) is 0.237. The molecule has 0 bridgehead atoms. The van der Waals surface area contributed by atoms with Crippen LogP contribution in [0.5, 0.6) is 5.75 Å². The van der Waals surface area contributed by atoms with Crippen LogP contribution in [0.25, 0.3) is 0 Å². The molecule has 0 aromatic heterocycles. The van der Waals surface area contributed by atoms with Gasteiger partial charge in [0.05, 0.1) is 6.54 Å². The summed E-state index contributed by atoms with van der Waals surface area (Å²) in [6.07, 6.45) is 0. The Morgan fingerprint density at radius 2 is 1.81 bits per heavy atom. The van der Waals surface area contributed by atoms with E-state index in [4.69, 9.17) is 10.5 Å². The molecule has 0 aliphatic rings. The van der Waals surface area contributed by atoms with Crippen molar-refractivity contribution in [3.8, 4) is 5.75 Å². The zero-order valence-electron chi connectivity index (χ0n) is 11.4. The summed E-state index contributed by atoms with van der Waals surface area (Å²) < 4.78 is 5.64. The minimum absolute atomic E-state index is 0.187. The number of hydrogen-bond acceptors (Lipinski definition) is 3. The number of benzene rings is 2. The molecule has 0 saturated carbocycles. The topological polar surface area (TPSA) is 81.4 Å².